The number of anilines is 2. The number of halogens is 1. The molecule has 0 radical (unpaired) electrons. The van der Waals surface area contributed by atoms with Crippen molar-refractivity contribution in [2.75, 3.05) is 30.9 Å². The molecule has 2 aromatic rings. The van der Waals surface area contributed by atoms with Crippen LogP contribution < -0.4 is 16.0 Å². The smallest absolute Gasteiger partial charge is 0.223 e. The van der Waals surface area contributed by atoms with Crippen LogP contribution in [-0.4, -0.2) is 53.3 Å². The summed E-state index contributed by atoms with van der Waals surface area (Å²) in [7, 11) is 1.73. The third-order valence-corrected chi connectivity index (χ3v) is 6.58. The van der Waals surface area contributed by atoms with Gasteiger partial charge in [0, 0.05) is 43.5 Å². The van der Waals surface area contributed by atoms with E-state index in [2.05, 4.69) is 44.7 Å². The predicted molar refractivity (Wildman–Crippen MR) is 125 cm³/mol. The number of pyridine rings is 1. The molecule has 0 saturated heterocycles. The summed E-state index contributed by atoms with van der Waals surface area (Å²) in [5, 5.41) is 10.4. The first kappa shape index (κ1) is 22.9. The van der Waals surface area contributed by atoms with Gasteiger partial charge in [0.15, 0.2) is 5.82 Å². The highest BCUT2D eigenvalue weighted by molar-refractivity contribution is 5.64. The van der Waals surface area contributed by atoms with Crippen LogP contribution in [0.5, 0.6) is 0 Å². The largest absolute Gasteiger partial charge is 0.383 e. The Morgan fingerprint density at radius 2 is 1.94 bits per heavy atom. The van der Waals surface area contributed by atoms with E-state index in [1.165, 1.54) is 19.0 Å². The third kappa shape index (κ3) is 6.13. The predicted octanol–water partition coefficient (Wildman–Crippen LogP) is 4.24. The zero-order chi connectivity index (χ0) is 22.6. The maximum Gasteiger partial charge on any atom is 0.223 e. The molecule has 4 rings (SSSR count). The van der Waals surface area contributed by atoms with Crippen LogP contribution in [0.1, 0.15) is 52.4 Å². The highest BCUT2D eigenvalue weighted by Crippen LogP contribution is 2.44. The summed E-state index contributed by atoms with van der Waals surface area (Å²) in [5.74, 6) is 0.841. The first-order valence-electron chi connectivity index (χ1n) is 11.7. The molecule has 2 heterocycles. The Hall–Kier alpha value is -2.32. The van der Waals surface area contributed by atoms with Gasteiger partial charge in [-0.05, 0) is 63.0 Å². The van der Waals surface area contributed by atoms with Crippen LogP contribution in [-0.2, 0) is 4.74 Å². The fourth-order valence-electron chi connectivity index (χ4n) is 4.30. The number of nitrogens with one attached hydrogen (secondary N) is 3. The standard InChI is InChI=1S/C24H35FN6O/c1-16(14-32-3)29-17-4-6-18(7-5-17)30-22-12-19(20(25)13-27-22)21-8-11-26-23(31-21)28-15-24(2)9-10-24/h8,11-13,16-18,29H,4-7,9-10,14-15H2,1-3H3,(H,27,30)(H,26,28,31). The van der Waals surface area contributed by atoms with Gasteiger partial charge in [-0.25, -0.2) is 19.3 Å². The molecule has 2 aliphatic carbocycles. The van der Waals surface area contributed by atoms with Crippen LogP contribution in [0.3, 0.4) is 0 Å². The zero-order valence-corrected chi connectivity index (χ0v) is 19.3. The number of methoxy groups -OCH3 is 1. The van der Waals surface area contributed by atoms with Crippen molar-refractivity contribution in [2.24, 2.45) is 5.41 Å². The summed E-state index contributed by atoms with van der Waals surface area (Å²) in [6, 6.07) is 4.70. The van der Waals surface area contributed by atoms with Gasteiger partial charge in [-0.1, -0.05) is 6.92 Å². The molecule has 0 bridgehead atoms. The van der Waals surface area contributed by atoms with Crippen molar-refractivity contribution >= 4 is 11.8 Å². The molecule has 0 spiro atoms. The molecule has 0 aliphatic heterocycles. The first-order valence-corrected chi connectivity index (χ1v) is 11.7. The van der Waals surface area contributed by atoms with Crippen molar-refractivity contribution in [3.05, 3.63) is 30.3 Å². The summed E-state index contributed by atoms with van der Waals surface area (Å²) in [6.07, 6.45) is 9.68. The van der Waals surface area contributed by atoms with Gasteiger partial charge in [0.25, 0.3) is 0 Å². The van der Waals surface area contributed by atoms with Gasteiger partial charge in [0.1, 0.15) is 5.82 Å². The Morgan fingerprint density at radius 1 is 1.19 bits per heavy atom. The van der Waals surface area contributed by atoms with E-state index in [4.69, 9.17) is 4.74 Å². The van der Waals surface area contributed by atoms with E-state index in [0.29, 0.717) is 46.6 Å². The van der Waals surface area contributed by atoms with Crippen LogP contribution in [0.25, 0.3) is 11.3 Å². The molecular weight excluding hydrogens is 407 g/mol. The second-order valence-corrected chi connectivity index (χ2v) is 9.70. The van der Waals surface area contributed by atoms with Gasteiger partial charge in [-0.15, -0.1) is 0 Å². The van der Waals surface area contributed by atoms with Crippen LogP contribution >= 0.6 is 0 Å². The second kappa shape index (κ2) is 10.1. The van der Waals surface area contributed by atoms with Crippen LogP contribution in [0.4, 0.5) is 16.2 Å². The summed E-state index contributed by atoms with van der Waals surface area (Å²) in [6.45, 7) is 5.95. The molecule has 0 amide bonds. The minimum atomic E-state index is -0.380. The van der Waals surface area contributed by atoms with Crippen molar-refractivity contribution in [1.29, 1.82) is 0 Å². The number of ether oxygens (including phenoxy) is 1. The maximum absolute atomic E-state index is 14.6. The normalized spacial score (nSPS) is 22.9. The summed E-state index contributed by atoms with van der Waals surface area (Å²) in [5.41, 5.74) is 1.34. The molecule has 2 aliphatic rings. The number of rotatable bonds is 10. The maximum atomic E-state index is 14.6. The molecule has 2 fully saturated rings. The SMILES string of the molecule is COCC(C)NC1CCC(Nc2cc(-c3ccnc(NCC4(C)CC4)n3)c(F)cn2)CC1. The van der Waals surface area contributed by atoms with E-state index >= 15 is 0 Å². The van der Waals surface area contributed by atoms with Gasteiger partial charge in [0.2, 0.25) is 5.95 Å². The molecule has 8 heteroatoms. The molecule has 1 unspecified atom stereocenters. The van der Waals surface area contributed by atoms with Crippen molar-refractivity contribution in [1.82, 2.24) is 20.3 Å². The van der Waals surface area contributed by atoms with Crippen molar-refractivity contribution in [3.63, 3.8) is 0 Å². The Bertz CT molecular complexity index is 898. The van der Waals surface area contributed by atoms with Gasteiger partial charge < -0.3 is 20.7 Å². The van der Waals surface area contributed by atoms with E-state index in [-0.39, 0.29) is 5.82 Å². The number of aromatic nitrogens is 3. The van der Waals surface area contributed by atoms with Gasteiger partial charge in [-0.3, -0.25) is 0 Å². The molecule has 174 valence electrons. The summed E-state index contributed by atoms with van der Waals surface area (Å²) < 4.78 is 19.8. The lowest BCUT2D eigenvalue weighted by atomic mass is 9.90. The Morgan fingerprint density at radius 3 is 2.66 bits per heavy atom. The average molecular weight is 443 g/mol. The monoisotopic (exact) mass is 442 g/mol. The van der Waals surface area contributed by atoms with Crippen LogP contribution in [0.2, 0.25) is 0 Å². The van der Waals surface area contributed by atoms with Gasteiger partial charge >= 0.3 is 0 Å². The fraction of sp³-hybridized carbons (Fsp3) is 0.625. The minimum Gasteiger partial charge on any atom is -0.383 e. The molecule has 0 aromatic carbocycles. The quantitative estimate of drug-likeness (QED) is 0.508. The average Bonchev–Trinajstić information content (AvgIpc) is 3.53. The van der Waals surface area contributed by atoms with E-state index in [9.17, 15) is 4.39 Å². The molecule has 2 saturated carbocycles. The van der Waals surface area contributed by atoms with E-state index in [1.54, 1.807) is 25.4 Å². The Labute approximate surface area is 190 Å². The molecule has 1 atom stereocenters. The van der Waals surface area contributed by atoms with E-state index in [1.807, 2.05) is 0 Å². The lowest BCUT2D eigenvalue weighted by molar-refractivity contribution is 0.161. The highest BCUT2D eigenvalue weighted by atomic mass is 19.1. The molecule has 3 N–H and O–H groups in total. The highest BCUT2D eigenvalue weighted by Gasteiger charge is 2.37. The Kier molecular flexibility index (Phi) is 7.20. The van der Waals surface area contributed by atoms with Crippen molar-refractivity contribution < 1.29 is 9.13 Å². The molecule has 7 nitrogen and oxygen atoms in total. The lowest BCUT2D eigenvalue weighted by Gasteiger charge is -2.31. The summed E-state index contributed by atoms with van der Waals surface area (Å²) in [4.78, 5) is 13.1. The molecule has 2 aromatic heterocycles. The van der Waals surface area contributed by atoms with Crippen LogP contribution in [0.15, 0.2) is 24.5 Å². The third-order valence-electron chi connectivity index (χ3n) is 6.58. The number of hydrogen-bond donors (Lipinski definition) is 3. The Balaban J connectivity index is 1.36. The molecular formula is C24H35FN6O. The summed E-state index contributed by atoms with van der Waals surface area (Å²) >= 11 is 0. The minimum absolute atomic E-state index is 0.332. The van der Waals surface area contributed by atoms with Crippen molar-refractivity contribution in [3.8, 4) is 11.3 Å². The topological polar surface area (TPSA) is 84.0 Å². The molecule has 32 heavy (non-hydrogen) atoms. The lowest BCUT2D eigenvalue weighted by Crippen LogP contribution is -2.42. The van der Waals surface area contributed by atoms with E-state index in [0.717, 1.165) is 38.8 Å². The second-order valence-electron chi connectivity index (χ2n) is 9.70. The zero-order valence-electron chi connectivity index (χ0n) is 19.3. The fourth-order valence-corrected chi connectivity index (χ4v) is 4.30. The first-order chi connectivity index (χ1) is 15.4. The van der Waals surface area contributed by atoms with Crippen molar-refractivity contribution in [2.45, 2.75) is 70.5 Å². The van der Waals surface area contributed by atoms with E-state index < -0.39 is 0 Å². The number of nitrogens with zero attached hydrogens (tertiary/aromatic N) is 3. The van der Waals surface area contributed by atoms with Gasteiger partial charge in [-0.2, -0.15) is 0 Å². The van der Waals surface area contributed by atoms with Gasteiger partial charge in [0.05, 0.1) is 18.5 Å². The van der Waals surface area contributed by atoms with Crippen LogP contribution in [0, 0.1) is 11.2 Å². The number of hydrogen-bond acceptors (Lipinski definition) is 7.